The van der Waals surface area contributed by atoms with E-state index >= 15 is 0 Å². The van der Waals surface area contributed by atoms with E-state index in [1.54, 1.807) is 0 Å². The standard InChI is InChI=1S/C22H29N3.C2H7N.C2H6/c1-21(2)10-11-22(3,4)18-15-16(7-8-17(18)21)19-9-12-23-20(24-19)25-13-5-6-14-25;1-3-2;1-2/h7-9,12,15H,5-6,10-11,13-14H2,1-4H3;3H,1-2H3;1-2H3. The van der Waals surface area contributed by atoms with E-state index in [1.807, 2.05) is 40.2 Å². The Bertz CT molecular complexity index is 804. The molecule has 0 amide bonds. The molecule has 1 saturated heterocycles. The molecule has 0 saturated carbocycles. The third kappa shape index (κ3) is 5.40. The van der Waals surface area contributed by atoms with Gasteiger partial charge in [0.1, 0.15) is 0 Å². The maximum absolute atomic E-state index is 4.87. The first-order chi connectivity index (χ1) is 14.3. The van der Waals surface area contributed by atoms with Crippen molar-refractivity contribution in [3.8, 4) is 11.3 Å². The van der Waals surface area contributed by atoms with Crippen molar-refractivity contribution in [2.24, 2.45) is 0 Å². The second kappa shape index (κ2) is 10.4. The van der Waals surface area contributed by atoms with Gasteiger partial charge in [-0.25, -0.2) is 9.97 Å². The van der Waals surface area contributed by atoms with Gasteiger partial charge in [-0.05, 0) is 73.9 Å². The molecule has 1 aromatic heterocycles. The van der Waals surface area contributed by atoms with Gasteiger partial charge < -0.3 is 10.2 Å². The highest BCUT2D eigenvalue weighted by Crippen LogP contribution is 2.46. The van der Waals surface area contributed by atoms with Gasteiger partial charge in [0.25, 0.3) is 0 Å². The van der Waals surface area contributed by atoms with Crippen molar-refractivity contribution in [3.63, 3.8) is 0 Å². The SMILES string of the molecule is CC.CC1(C)CCC(C)(C)c2cc(-c3ccnc(N4CCCC4)n3)ccc21.CNC. The first-order valence-electron chi connectivity index (χ1n) is 11.6. The third-order valence-corrected chi connectivity index (χ3v) is 6.18. The van der Waals surface area contributed by atoms with Crippen molar-refractivity contribution >= 4 is 5.95 Å². The molecular weight excluding hydrogens is 368 g/mol. The third-order valence-electron chi connectivity index (χ3n) is 6.18. The van der Waals surface area contributed by atoms with Crippen LogP contribution in [0.2, 0.25) is 0 Å². The average molecular weight is 411 g/mol. The summed E-state index contributed by atoms with van der Waals surface area (Å²) in [4.78, 5) is 11.7. The molecule has 2 aliphatic rings. The quantitative estimate of drug-likeness (QED) is 0.664. The summed E-state index contributed by atoms with van der Waals surface area (Å²) in [6.45, 7) is 15.7. The molecule has 4 rings (SSSR count). The van der Waals surface area contributed by atoms with Crippen LogP contribution in [-0.4, -0.2) is 37.2 Å². The zero-order chi connectivity index (χ0) is 22.4. The molecule has 1 N–H and O–H groups in total. The summed E-state index contributed by atoms with van der Waals surface area (Å²) >= 11 is 0. The van der Waals surface area contributed by atoms with Crippen LogP contribution in [0.4, 0.5) is 5.95 Å². The van der Waals surface area contributed by atoms with Crippen molar-refractivity contribution < 1.29 is 0 Å². The summed E-state index contributed by atoms with van der Waals surface area (Å²) < 4.78 is 0. The van der Waals surface area contributed by atoms with Gasteiger partial charge in [-0.2, -0.15) is 0 Å². The molecule has 1 aromatic carbocycles. The molecule has 30 heavy (non-hydrogen) atoms. The summed E-state index contributed by atoms with van der Waals surface area (Å²) in [6, 6.07) is 9.01. The Balaban J connectivity index is 0.000000590. The number of nitrogens with one attached hydrogen (secondary N) is 1. The smallest absolute Gasteiger partial charge is 0.225 e. The second-order valence-electron chi connectivity index (χ2n) is 9.46. The zero-order valence-electron chi connectivity index (χ0n) is 20.5. The highest BCUT2D eigenvalue weighted by atomic mass is 15.3. The van der Waals surface area contributed by atoms with Crippen LogP contribution >= 0.6 is 0 Å². The van der Waals surface area contributed by atoms with Gasteiger partial charge in [-0.15, -0.1) is 0 Å². The maximum atomic E-state index is 4.87. The molecule has 0 spiro atoms. The van der Waals surface area contributed by atoms with E-state index in [0.29, 0.717) is 0 Å². The van der Waals surface area contributed by atoms with E-state index in [-0.39, 0.29) is 10.8 Å². The van der Waals surface area contributed by atoms with Crippen LogP contribution in [0, 0.1) is 0 Å². The van der Waals surface area contributed by atoms with Crippen molar-refractivity contribution in [2.45, 2.75) is 78.1 Å². The largest absolute Gasteiger partial charge is 0.341 e. The van der Waals surface area contributed by atoms with Crippen LogP contribution in [0.25, 0.3) is 11.3 Å². The fourth-order valence-electron chi connectivity index (χ4n) is 4.33. The molecule has 1 aliphatic heterocycles. The van der Waals surface area contributed by atoms with Crippen LogP contribution < -0.4 is 10.2 Å². The van der Waals surface area contributed by atoms with E-state index < -0.39 is 0 Å². The Labute approximate surface area is 184 Å². The number of anilines is 1. The molecule has 0 atom stereocenters. The topological polar surface area (TPSA) is 41.1 Å². The van der Waals surface area contributed by atoms with E-state index in [4.69, 9.17) is 4.98 Å². The summed E-state index contributed by atoms with van der Waals surface area (Å²) in [5.41, 5.74) is 5.73. The monoisotopic (exact) mass is 410 g/mol. The fourth-order valence-corrected chi connectivity index (χ4v) is 4.33. The van der Waals surface area contributed by atoms with Gasteiger partial charge in [0.05, 0.1) is 5.69 Å². The molecule has 0 bridgehead atoms. The Kier molecular flexibility index (Phi) is 8.42. The number of hydrogen-bond acceptors (Lipinski definition) is 4. The molecule has 4 nitrogen and oxygen atoms in total. The van der Waals surface area contributed by atoms with Crippen molar-refractivity contribution in [1.29, 1.82) is 0 Å². The lowest BCUT2D eigenvalue weighted by molar-refractivity contribution is 0.332. The van der Waals surface area contributed by atoms with E-state index in [2.05, 4.69) is 61.1 Å². The van der Waals surface area contributed by atoms with Crippen LogP contribution in [0.1, 0.15) is 78.4 Å². The van der Waals surface area contributed by atoms with Gasteiger partial charge >= 0.3 is 0 Å². The lowest BCUT2D eigenvalue weighted by Gasteiger charge is -2.42. The highest BCUT2D eigenvalue weighted by molar-refractivity contribution is 5.64. The Morgan fingerprint density at radius 2 is 1.43 bits per heavy atom. The molecule has 2 aromatic rings. The number of benzene rings is 1. The van der Waals surface area contributed by atoms with Crippen LogP contribution in [-0.2, 0) is 10.8 Å². The van der Waals surface area contributed by atoms with Crippen molar-refractivity contribution in [3.05, 3.63) is 41.6 Å². The molecule has 0 unspecified atom stereocenters. The normalized spacial score (nSPS) is 18.5. The first-order valence-corrected chi connectivity index (χ1v) is 11.6. The summed E-state index contributed by atoms with van der Waals surface area (Å²) in [6.07, 6.45) is 6.88. The van der Waals surface area contributed by atoms with Gasteiger partial charge in [-0.3, -0.25) is 0 Å². The number of rotatable bonds is 2. The van der Waals surface area contributed by atoms with E-state index in [0.717, 1.165) is 24.7 Å². The lowest BCUT2D eigenvalue weighted by Crippen LogP contribution is -2.33. The maximum Gasteiger partial charge on any atom is 0.225 e. The molecule has 0 radical (unpaired) electrons. The molecule has 2 heterocycles. The Morgan fingerprint density at radius 1 is 0.867 bits per heavy atom. The Morgan fingerprint density at radius 3 is 2.03 bits per heavy atom. The minimum atomic E-state index is 0.228. The second-order valence-corrected chi connectivity index (χ2v) is 9.46. The molecular formula is C26H42N4. The predicted molar refractivity (Wildman–Crippen MR) is 131 cm³/mol. The average Bonchev–Trinajstić information content (AvgIpc) is 3.29. The van der Waals surface area contributed by atoms with E-state index in [1.165, 1.54) is 42.4 Å². The minimum absolute atomic E-state index is 0.228. The Hall–Kier alpha value is -1.94. The summed E-state index contributed by atoms with van der Waals surface area (Å²) in [5, 5.41) is 2.75. The lowest BCUT2D eigenvalue weighted by atomic mass is 9.63. The van der Waals surface area contributed by atoms with Crippen LogP contribution in [0.5, 0.6) is 0 Å². The number of aromatic nitrogens is 2. The fraction of sp³-hybridized carbons (Fsp3) is 0.615. The predicted octanol–water partition coefficient (Wildman–Crippen LogP) is 5.95. The molecule has 166 valence electrons. The minimum Gasteiger partial charge on any atom is -0.341 e. The van der Waals surface area contributed by atoms with Gasteiger partial charge in [0.15, 0.2) is 0 Å². The summed E-state index contributed by atoms with van der Waals surface area (Å²) in [7, 11) is 3.75. The van der Waals surface area contributed by atoms with Crippen LogP contribution in [0.15, 0.2) is 30.5 Å². The molecule has 1 aliphatic carbocycles. The highest BCUT2D eigenvalue weighted by Gasteiger charge is 2.37. The first kappa shape index (κ1) is 24.3. The molecule has 4 heteroatoms. The zero-order valence-corrected chi connectivity index (χ0v) is 20.5. The van der Waals surface area contributed by atoms with Crippen molar-refractivity contribution in [2.75, 3.05) is 32.1 Å². The van der Waals surface area contributed by atoms with Gasteiger partial charge in [0.2, 0.25) is 5.95 Å². The number of fused-ring (bicyclic) bond motifs is 1. The number of nitrogens with zero attached hydrogens (tertiary/aromatic N) is 3. The summed E-state index contributed by atoms with van der Waals surface area (Å²) in [5.74, 6) is 0.882. The van der Waals surface area contributed by atoms with E-state index in [9.17, 15) is 0 Å². The van der Waals surface area contributed by atoms with Gasteiger partial charge in [-0.1, -0.05) is 53.7 Å². The van der Waals surface area contributed by atoms with Gasteiger partial charge in [0, 0.05) is 24.8 Å². The van der Waals surface area contributed by atoms with Crippen LogP contribution in [0.3, 0.4) is 0 Å². The number of hydrogen-bond donors (Lipinski definition) is 1. The molecule has 1 fully saturated rings. The van der Waals surface area contributed by atoms with Crippen molar-refractivity contribution in [1.82, 2.24) is 15.3 Å².